The summed E-state index contributed by atoms with van der Waals surface area (Å²) in [5, 5.41) is 11.3. The summed E-state index contributed by atoms with van der Waals surface area (Å²) in [6.07, 6.45) is -0.750. The lowest BCUT2D eigenvalue weighted by Crippen LogP contribution is -3.06. The molecule has 8 heteroatoms. The Balaban J connectivity index is 1.88. The fraction of sp³-hybridized carbons (Fsp3) is 0.364. The Bertz CT molecular complexity index is 1540. The number of halogens is 3. The van der Waals surface area contributed by atoms with Gasteiger partial charge in [-0.1, -0.05) is 62.6 Å². The average molecular weight is 569 g/mol. The van der Waals surface area contributed by atoms with Crippen LogP contribution in [0.4, 0.5) is 13.2 Å². The smallest absolute Gasteiger partial charge is 0.453 e. The molecule has 0 bridgehead atoms. The summed E-state index contributed by atoms with van der Waals surface area (Å²) >= 11 is 0. The molecular weight excluding hydrogens is 531 g/mol. The van der Waals surface area contributed by atoms with Crippen LogP contribution in [0.15, 0.2) is 63.8 Å². The number of nitrogens with one attached hydrogen (secondary N) is 1. The molecule has 0 fully saturated rings. The van der Waals surface area contributed by atoms with E-state index in [1.807, 2.05) is 43.4 Å². The van der Waals surface area contributed by atoms with Crippen molar-refractivity contribution in [2.24, 2.45) is 0 Å². The Hall–Kier alpha value is -3.78. The van der Waals surface area contributed by atoms with Crippen LogP contribution in [0.5, 0.6) is 17.2 Å². The zero-order chi connectivity index (χ0) is 29.7. The number of fused-ring (bicyclic) bond motifs is 1. The van der Waals surface area contributed by atoms with E-state index in [2.05, 4.69) is 6.92 Å². The predicted molar refractivity (Wildman–Crippen MR) is 154 cm³/mol. The van der Waals surface area contributed by atoms with Crippen molar-refractivity contribution < 1.29 is 32.3 Å². The van der Waals surface area contributed by atoms with Gasteiger partial charge in [-0.05, 0) is 61.6 Å². The van der Waals surface area contributed by atoms with Crippen molar-refractivity contribution in [1.29, 1.82) is 0 Å². The molecule has 0 radical (unpaired) electrons. The van der Waals surface area contributed by atoms with E-state index in [4.69, 9.17) is 9.15 Å². The summed E-state index contributed by atoms with van der Waals surface area (Å²) in [6.45, 7) is 6.39. The summed E-state index contributed by atoms with van der Waals surface area (Å²) in [6, 6.07) is 16.1. The largest absolute Gasteiger partial charge is 0.507 e. The highest BCUT2D eigenvalue weighted by atomic mass is 19.4. The lowest BCUT2D eigenvalue weighted by atomic mass is 9.98. The van der Waals surface area contributed by atoms with Crippen LogP contribution in [-0.2, 0) is 25.7 Å². The molecule has 4 rings (SSSR count). The van der Waals surface area contributed by atoms with Crippen LogP contribution in [0.3, 0.4) is 0 Å². The number of rotatable bonds is 11. The number of hydrogen-bond donors (Lipinski definition) is 2. The standard InChI is InChI=1S/C33H36F3NO4/c1-5-6-7-11-14-24-18-26-29(39)31(40-25-16-21(2)15-22(3)17-25)32(33(34,35)36)41-30(26)27(28(24)38)20-37(4)19-23-12-9-8-10-13-23/h8-10,12-13,15-18,38H,5-7,11,14,19-20H2,1-4H3/p+1. The number of aryl methyl sites for hydroxylation is 3. The van der Waals surface area contributed by atoms with E-state index < -0.39 is 23.1 Å². The fourth-order valence-corrected chi connectivity index (χ4v) is 5.23. The summed E-state index contributed by atoms with van der Waals surface area (Å²) in [5.41, 5.74) is 2.11. The number of phenolic OH excluding ortho intramolecular Hbond substituents is 1. The second kappa shape index (κ2) is 12.8. The van der Waals surface area contributed by atoms with Crippen molar-refractivity contribution in [3.05, 3.63) is 98.4 Å². The van der Waals surface area contributed by atoms with Crippen molar-refractivity contribution in [3.63, 3.8) is 0 Å². The quantitative estimate of drug-likeness (QED) is 0.187. The van der Waals surface area contributed by atoms with Gasteiger partial charge < -0.3 is 19.2 Å². The van der Waals surface area contributed by atoms with E-state index in [-0.39, 0.29) is 34.6 Å². The van der Waals surface area contributed by atoms with E-state index >= 15 is 0 Å². The highest BCUT2D eigenvalue weighted by Gasteiger charge is 2.41. The molecule has 0 saturated carbocycles. The van der Waals surface area contributed by atoms with Gasteiger partial charge in [-0.15, -0.1) is 0 Å². The Morgan fingerprint density at radius 3 is 2.27 bits per heavy atom. The Morgan fingerprint density at radius 1 is 0.951 bits per heavy atom. The topological polar surface area (TPSA) is 64.1 Å². The maximum absolute atomic E-state index is 14.3. The molecule has 0 saturated heterocycles. The molecule has 3 aromatic carbocycles. The van der Waals surface area contributed by atoms with Crippen LogP contribution in [-0.4, -0.2) is 12.2 Å². The number of quaternary nitrogens is 1. The first-order chi connectivity index (χ1) is 19.5. The number of alkyl halides is 3. The van der Waals surface area contributed by atoms with Crippen LogP contribution in [0.25, 0.3) is 11.0 Å². The van der Waals surface area contributed by atoms with E-state index in [0.29, 0.717) is 18.5 Å². The predicted octanol–water partition coefficient (Wildman–Crippen LogP) is 7.26. The number of unbranched alkanes of at least 4 members (excludes halogenated alkanes) is 3. The van der Waals surface area contributed by atoms with E-state index in [1.54, 1.807) is 26.0 Å². The van der Waals surface area contributed by atoms with E-state index in [9.17, 15) is 23.1 Å². The van der Waals surface area contributed by atoms with Gasteiger partial charge in [0.25, 0.3) is 5.76 Å². The number of ether oxygens (including phenoxy) is 1. The van der Waals surface area contributed by atoms with Crippen LogP contribution < -0.4 is 15.1 Å². The highest BCUT2D eigenvalue weighted by Crippen LogP contribution is 2.41. The molecule has 0 aliphatic rings. The first-order valence-corrected chi connectivity index (χ1v) is 14.0. The van der Waals surface area contributed by atoms with Crippen LogP contribution in [0.1, 0.15) is 66.2 Å². The Kier molecular flexibility index (Phi) is 9.43. The molecular formula is C33H37F3NO4+. The van der Waals surface area contributed by atoms with Gasteiger partial charge in [-0.2, -0.15) is 13.2 Å². The minimum Gasteiger partial charge on any atom is -0.507 e. The van der Waals surface area contributed by atoms with Gasteiger partial charge in [-0.25, -0.2) is 0 Å². The number of phenols is 1. The second-order valence-electron chi connectivity index (χ2n) is 10.9. The van der Waals surface area contributed by atoms with Crippen molar-refractivity contribution in [2.45, 2.75) is 72.1 Å². The maximum Gasteiger partial charge on any atom is 0.453 e. The third-order valence-electron chi connectivity index (χ3n) is 7.09. The molecule has 41 heavy (non-hydrogen) atoms. The maximum atomic E-state index is 14.3. The summed E-state index contributed by atoms with van der Waals surface area (Å²) in [5.74, 6) is -2.44. The summed E-state index contributed by atoms with van der Waals surface area (Å²) in [7, 11) is 1.88. The molecule has 1 heterocycles. The molecule has 1 atom stereocenters. The second-order valence-corrected chi connectivity index (χ2v) is 10.9. The lowest BCUT2D eigenvalue weighted by molar-refractivity contribution is -0.907. The van der Waals surface area contributed by atoms with Gasteiger partial charge in [0.2, 0.25) is 11.2 Å². The molecule has 1 unspecified atom stereocenters. The summed E-state index contributed by atoms with van der Waals surface area (Å²) < 4.78 is 54.1. The lowest BCUT2D eigenvalue weighted by Gasteiger charge is -2.19. The number of aromatic hydroxyl groups is 1. The number of hydrogen-bond acceptors (Lipinski definition) is 4. The van der Waals surface area contributed by atoms with Crippen molar-refractivity contribution in [3.8, 4) is 17.2 Å². The molecule has 2 N–H and O–H groups in total. The molecule has 0 aliphatic heterocycles. The monoisotopic (exact) mass is 568 g/mol. The highest BCUT2D eigenvalue weighted by molar-refractivity contribution is 5.85. The molecule has 1 aromatic heterocycles. The van der Waals surface area contributed by atoms with Crippen molar-refractivity contribution in [2.75, 3.05) is 7.05 Å². The van der Waals surface area contributed by atoms with Gasteiger partial charge in [0, 0.05) is 5.56 Å². The van der Waals surface area contributed by atoms with Gasteiger partial charge in [0.05, 0.1) is 18.0 Å². The molecule has 4 aromatic rings. The minimum absolute atomic E-state index is 0.0387. The average Bonchev–Trinajstić information content (AvgIpc) is 2.89. The van der Waals surface area contributed by atoms with Gasteiger partial charge in [-0.3, -0.25) is 4.79 Å². The zero-order valence-electron chi connectivity index (χ0n) is 24.0. The van der Waals surface area contributed by atoms with Gasteiger partial charge in [0.1, 0.15) is 24.6 Å². The SMILES string of the molecule is CCCCCCc1cc2c(=O)c(Oc3cc(C)cc(C)c3)c(C(F)(F)F)oc2c(C[NH+](C)Cc2ccccc2)c1O. The minimum atomic E-state index is -5.00. The normalized spacial score (nSPS) is 12.6. The van der Waals surface area contributed by atoms with E-state index in [0.717, 1.165) is 47.3 Å². The van der Waals surface area contributed by atoms with E-state index in [1.165, 1.54) is 6.07 Å². The van der Waals surface area contributed by atoms with Gasteiger partial charge in [0.15, 0.2) is 5.58 Å². The fourth-order valence-electron chi connectivity index (χ4n) is 5.23. The first-order valence-electron chi connectivity index (χ1n) is 14.0. The van der Waals surface area contributed by atoms with Gasteiger partial charge >= 0.3 is 6.18 Å². The molecule has 0 spiro atoms. The Labute approximate surface area is 238 Å². The molecule has 5 nitrogen and oxygen atoms in total. The first kappa shape index (κ1) is 30.2. The number of benzene rings is 3. The third kappa shape index (κ3) is 7.30. The zero-order valence-corrected chi connectivity index (χ0v) is 24.0. The van der Waals surface area contributed by atoms with Crippen LogP contribution in [0, 0.1) is 13.8 Å². The van der Waals surface area contributed by atoms with Crippen molar-refractivity contribution >= 4 is 11.0 Å². The third-order valence-corrected chi connectivity index (χ3v) is 7.09. The summed E-state index contributed by atoms with van der Waals surface area (Å²) in [4.78, 5) is 14.7. The molecule has 0 aliphatic carbocycles. The molecule has 0 amide bonds. The van der Waals surface area contributed by atoms with Crippen LogP contribution in [0.2, 0.25) is 0 Å². The molecule has 218 valence electrons. The Morgan fingerprint density at radius 2 is 1.63 bits per heavy atom. The van der Waals surface area contributed by atoms with Crippen LogP contribution >= 0.6 is 0 Å². The van der Waals surface area contributed by atoms with Crippen molar-refractivity contribution in [1.82, 2.24) is 0 Å².